The van der Waals surface area contributed by atoms with Crippen LogP contribution in [0.25, 0.3) is 106 Å². The number of rotatable bonds is 7. The van der Waals surface area contributed by atoms with Gasteiger partial charge in [-0.1, -0.05) is 248 Å². The van der Waals surface area contributed by atoms with Crippen LogP contribution in [0, 0.1) is 0 Å². The largest absolute Gasteiger partial charge is 0.309 e. The summed E-state index contributed by atoms with van der Waals surface area (Å²) in [6.07, 6.45) is 8.87. The van der Waals surface area contributed by atoms with E-state index in [1.807, 2.05) is 0 Å². The SMILES string of the molecule is C1=CCCC(C2(c3ccccc3)c3ccc(-c4nc(-c5ccc6c(c5)-n5c7ccccc7c7cccc(c75)[Si]6(c5ccccc5)c5ccccc5)nc(-n5c6ccccc6c6ccccc65)n4)cc3-n3c4ccccc4c4cccc2c43)=C1. The normalized spacial score (nSPS) is 15.8. The van der Waals surface area contributed by atoms with Crippen molar-refractivity contribution < 1.29 is 0 Å². The van der Waals surface area contributed by atoms with Crippen LogP contribution in [0.15, 0.2) is 285 Å². The average Bonchev–Trinajstić information content (AvgIpc) is 2.07. The summed E-state index contributed by atoms with van der Waals surface area (Å²) in [5.74, 6) is 1.76. The predicted octanol–water partition coefficient (Wildman–Crippen LogP) is 15.1. The quantitative estimate of drug-likeness (QED) is 0.149. The van der Waals surface area contributed by atoms with E-state index in [0.29, 0.717) is 17.6 Å². The van der Waals surface area contributed by atoms with Gasteiger partial charge in [0.05, 0.1) is 44.2 Å². The van der Waals surface area contributed by atoms with Gasteiger partial charge in [0.25, 0.3) is 0 Å². The van der Waals surface area contributed by atoms with Gasteiger partial charge in [-0.05, 0) is 86.7 Å². The highest BCUT2D eigenvalue weighted by atomic mass is 28.3. The zero-order chi connectivity index (χ0) is 54.4. The predicted molar refractivity (Wildman–Crippen MR) is 344 cm³/mol. The number of nitrogens with zero attached hydrogens (tertiary/aromatic N) is 6. The van der Waals surface area contributed by atoms with Crippen molar-refractivity contribution in [3.63, 3.8) is 0 Å². The third kappa shape index (κ3) is 6.23. The summed E-state index contributed by atoms with van der Waals surface area (Å²) in [5, 5.41) is 12.6. The number of benzene rings is 11. The molecule has 0 amide bonds. The number of hydrogen-bond donors (Lipinski definition) is 0. The molecule has 3 aliphatic rings. The molecule has 0 bridgehead atoms. The topological polar surface area (TPSA) is 53.5 Å². The molecule has 15 aromatic rings. The second-order valence-electron chi connectivity index (χ2n) is 22.5. The number of para-hydroxylation sites is 6. The van der Waals surface area contributed by atoms with Crippen LogP contribution in [0.4, 0.5) is 0 Å². The summed E-state index contributed by atoms with van der Waals surface area (Å²) in [4.78, 5) is 17.0. The molecule has 0 saturated heterocycles. The summed E-state index contributed by atoms with van der Waals surface area (Å²) in [7, 11) is -2.98. The Morgan fingerprint density at radius 2 is 0.867 bits per heavy atom. The first-order valence-electron chi connectivity index (χ1n) is 28.8. The molecule has 2 aliphatic heterocycles. The van der Waals surface area contributed by atoms with E-state index < -0.39 is 13.5 Å². The molecule has 1 unspecified atom stereocenters. The lowest BCUT2D eigenvalue weighted by Crippen LogP contribution is -2.76. The van der Waals surface area contributed by atoms with E-state index in [1.54, 1.807) is 0 Å². The Kier molecular flexibility index (Phi) is 9.77. The maximum atomic E-state index is 5.70. The van der Waals surface area contributed by atoms with Crippen molar-refractivity contribution in [1.82, 2.24) is 28.7 Å². The minimum Gasteiger partial charge on any atom is -0.309 e. The van der Waals surface area contributed by atoms with Crippen LogP contribution < -0.4 is 20.7 Å². The molecule has 0 saturated carbocycles. The van der Waals surface area contributed by atoms with E-state index in [4.69, 9.17) is 15.0 Å². The number of fused-ring (bicyclic) bond motifs is 13. The molecule has 6 nitrogen and oxygen atoms in total. The van der Waals surface area contributed by atoms with Gasteiger partial charge in [-0.2, -0.15) is 9.97 Å². The second kappa shape index (κ2) is 17.5. The van der Waals surface area contributed by atoms with Crippen LogP contribution in [0.2, 0.25) is 0 Å². The first-order valence-corrected chi connectivity index (χ1v) is 30.8. The van der Waals surface area contributed by atoms with Crippen LogP contribution in [0.1, 0.15) is 29.5 Å². The first kappa shape index (κ1) is 46.3. The molecule has 18 rings (SSSR count). The molecule has 11 aromatic carbocycles. The van der Waals surface area contributed by atoms with Gasteiger partial charge in [-0.15, -0.1) is 0 Å². The van der Waals surface area contributed by atoms with Gasteiger partial charge in [0, 0.05) is 49.1 Å². The van der Waals surface area contributed by atoms with E-state index >= 15 is 0 Å². The minimum absolute atomic E-state index is 0.561. The second-order valence-corrected chi connectivity index (χ2v) is 26.2. The van der Waals surface area contributed by atoms with Gasteiger partial charge in [0.1, 0.15) is 0 Å². The highest BCUT2D eigenvalue weighted by Gasteiger charge is 2.49. The summed E-state index contributed by atoms with van der Waals surface area (Å²) in [5.41, 5.74) is 15.6. The van der Waals surface area contributed by atoms with Crippen LogP contribution in [-0.4, -0.2) is 36.7 Å². The van der Waals surface area contributed by atoms with E-state index in [0.717, 1.165) is 57.1 Å². The van der Waals surface area contributed by atoms with Crippen LogP contribution in [0.5, 0.6) is 0 Å². The Morgan fingerprint density at radius 1 is 0.373 bits per heavy atom. The lowest BCUT2D eigenvalue weighted by atomic mass is 9.61. The van der Waals surface area contributed by atoms with Gasteiger partial charge in [0.15, 0.2) is 19.7 Å². The number of hydrogen-bond acceptors (Lipinski definition) is 3. The highest BCUT2D eigenvalue weighted by Crippen LogP contribution is 2.56. The molecular weight excluding hydrogens is 1020 g/mol. The molecule has 0 N–H and O–H groups in total. The Labute approximate surface area is 479 Å². The minimum atomic E-state index is -2.98. The summed E-state index contributed by atoms with van der Waals surface area (Å²) in [6.45, 7) is 0. The van der Waals surface area contributed by atoms with Gasteiger partial charge >= 0.3 is 0 Å². The zero-order valence-corrected chi connectivity index (χ0v) is 46.2. The van der Waals surface area contributed by atoms with Crippen molar-refractivity contribution in [2.45, 2.75) is 18.3 Å². The molecule has 388 valence electrons. The molecule has 1 aliphatic carbocycles. The lowest BCUT2D eigenvalue weighted by Gasteiger charge is -2.43. The Balaban J connectivity index is 0.939. The van der Waals surface area contributed by atoms with Gasteiger partial charge in [-0.25, -0.2) is 4.98 Å². The third-order valence-electron chi connectivity index (χ3n) is 18.5. The van der Waals surface area contributed by atoms with E-state index in [9.17, 15) is 0 Å². The Bertz CT molecular complexity index is 5190. The average molecular weight is 1080 g/mol. The summed E-state index contributed by atoms with van der Waals surface area (Å²) >= 11 is 0. The monoisotopic (exact) mass is 1070 g/mol. The summed E-state index contributed by atoms with van der Waals surface area (Å²) < 4.78 is 7.29. The molecule has 0 spiro atoms. The molecule has 83 heavy (non-hydrogen) atoms. The first-order chi connectivity index (χ1) is 41.2. The van der Waals surface area contributed by atoms with Gasteiger partial charge in [0.2, 0.25) is 5.95 Å². The molecular formula is C76H50N6Si. The fourth-order valence-corrected chi connectivity index (χ4v) is 20.4. The maximum Gasteiger partial charge on any atom is 0.238 e. The molecule has 7 heteroatoms. The third-order valence-corrected chi connectivity index (χ3v) is 23.4. The molecule has 6 heterocycles. The fraction of sp³-hybridized carbons (Fsp3) is 0.0395. The van der Waals surface area contributed by atoms with Crippen molar-refractivity contribution in [2.75, 3.05) is 0 Å². The Hall–Kier alpha value is -10.5. The fourth-order valence-electron chi connectivity index (χ4n) is 15.3. The van der Waals surface area contributed by atoms with Crippen molar-refractivity contribution in [3.8, 4) is 40.1 Å². The highest BCUT2D eigenvalue weighted by molar-refractivity contribution is 7.21. The van der Waals surface area contributed by atoms with Crippen LogP contribution in [-0.2, 0) is 5.41 Å². The summed E-state index contributed by atoms with van der Waals surface area (Å²) in [6, 6.07) is 96.8. The van der Waals surface area contributed by atoms with Crippen LogP contribution in [0.3, 0.4) is 0 Å². The van der Waals surface area contributed by atoms with Gasteiger partial charge < -0.3 is 9.13 Å². The van der Waals surface area contributed by atoms with E-state index in [-0.39, 0.29) is 0 Å². The van der Waals surface area contributed by atoms with Crippen molar-refractivity contribution >= 4 is 94.2 Å². The van der Waals surface area contributed by atoms with Crippen molar-refractivity contribution in [3.05, 3.63) is 301 Å². The molecule has 1 atom stereocenters. The standard InChI is InChI=1S/C76H50N6Si/c1-5-23-51(24-6-1)76(52-25-7-2-8-26-52)61-45-43-49(47-67(61)80-63-38-17-15-33-57(63)59-35-21-37-62(76)71(59)80)73-77-74(79-75(78-73)82-65-40-19-13-31-55(65)56-32-14-20-41-66(56)82)50-44-46-69-68(48-50)81-64-39-18-16-34-58(64)60-36-22-42-70(72(60)81)83(69,53-27-9-3-10-28-53)54-29-11-4-12-30-54/h1-7,9-25,27-48H,8,26H2. The smallest absolute Gasteiger partial charge is 0.238 e. The van der Waals surface area contributed by atoms with Crippen LogP contribution >= 0.6 is 0 Å². The van der Waals surface area contributed by atoms with Crippen molar-refractivity contribution in [2.24, 2.45) is 0 Å². The van der Waals surface area contributed by atoms with Crippen molar-refractivity contribution in [1.29, 1.82) is 0 Å². The van der Waals surface area contributed by atoms with Gasteiger partial charge in [-0.3, -0.25) is 4.57 Å². The van der Waals surface area contributed by atoms with E-state index in [2.05, 4.69) is 293 Å². The lowest BCUT2D eigenvalue weighted by molar-refractivity contribution is 0.666. The Morgan fingerprint density at radius 3 is 1.47 bits per heavy atom. The molecule has 0 fully saturated rings. The van der Waals surface area contributed by atoms with E-state index in [1.165, 1.54) is 86.6 Å². The molecule has 0 radical (unpaired) electrons. The number of allylic oxidation sites excluding steroid dienone is 4. The molecule has 4 aromatic heterocycles. The zero-order valence-electron chi connectivity index (χ0n) is 45.2. The maximum absolute atomic E-state index is 5.70. The number of aromatic nitrogens is 6.